The first-order valence-electron chi connectivity index (χ1n) is 10.3. The molecule has 2 amide bonds. The number of hydrogen-bond donors (Lipinski definition) is 2. The minimum absolute atomic E-state index is 0.285. The van der Waals surface area contributed by atoms with Crippen LogP contribution in [0.25, 0.3) is 0 Å². The Morgan fingerprint density at radius 1 is 1.21 bits per heavy atom. The summed E-state index contributed by atoms with van der Waals surface area (Å²) >= 11 is 0. The number of ether oxygens (including phenoxy) is 1. The highest BCUT2D eigenvalue weighted by Gasteiger charge is 2.35. The fourth-order valence-corrected chi connectivity index (χ4v) is 4.24. The lowest BCUT2D eigenvalue weighted by Crippen LogP contribution is -2.50. The maximum absolute atomic E-state index is 12.9. The Labute approximate surface area is 167 Å². The van der Waals surface area contributed by atoms with Crippen LogP contribution in [0.1, 0.15) is 58.1 Å². The fraction of sp³-hybridized carbons (Fsp3) is 0.545. The molecule has 1 saturated carbocycles. The molecule has 6 heteroatoms. The van der Waals surface area contributed by atoms with Gasteiger partial charge in [0.1, 0.15) is 0 Å². The molecular formula is C22H31N3O3. The van der Waals surface area contributed by atoms with E-state index in [4.69, 9.17) is 4.74 Å². The molecule has 1 heterocycles. The van der Waals surface area contributed by atoms with Gasteiger partial charge < -0.3 is 15.4 Å². The van der Waals surface area contributed by atoms with Crippen molar-refractivity contribution in [1.29, 1.82) is 0 Å². The number of nitrogens with zero attached hydrogens (tertiary/aromatic N) is 1. The van der Waals surface area contributed by atoms with Crippen LogP contribution in [0.15, 0.2) is 41.6 Å². The largest absolute Gasteiger partial charge is 0.463 e. The molecule has 6 nitrogen and oxygen atoms in total. The van der Waals surface area contributed by atoms with Crippen LogP contribution in [0.2, 0.25) is 0 Å². The number of carbonyl (C=O) groups is 2. The van der Waals surface area contributed by atoms with Gasteiger partial charge in [-0.25, -0.2) is 9.59 Å². The van der Waals surface area contributed by atoms with Crippen molar-refractivity contribution in [2.24, 2.45) is 0 Å². The maximum Gasteiger partial charge on any atom is 0.338 e. The minimum atomic E-state index is -0.512. The third kappa shape index (κ3) is 4.55. The lowest BCUT2D eigenvalue weighted by atomic mass is 9.94. The Morgan fingerprint density at radius 2 is 1.89 bits per heavy atom. The molecule has 152 valence electrons. The number of hydrogen-bond acceptors (Lipinski definition) is 4. The van der Waals surface area contributed by atoms with Gasteiger partial charge in [0.25, 0.3) is 0 Å². The van der Waals surface area contributed by atoms with E-state index in [0.29, 0.717) is 36.5 Å². The minimum Gasteiger partial charge on any atom is -0.463 e. The molecule has 1 aromatic carbocycles. The van der Waals surface area contributed by atoms with Gasteiger partial charge in [-0.3, -0.25) is 4.90 Å². The van der Waals surface area contributed by atoms with Crippen molar-refractivity contribution >= 4 is 12.0 Å². The molecule has 1 fully saturated rings. The van der Waals surface area contributed by atoms with Gasteiger partial charge in [0.05, 0.1) is 18.2 Å². The topological polar surface area (TPSA) is 70.7 Å². The predicted molar refractivity (Wildman–Crippen MR) is 109 cm³/mol. The summed E-state index contributed by atoms with van der Waals surface area (Å²) in [6.45, 7) is 6.96. The van der Waals surface area contributed by atoms with Gasteiger partial charge in [-0.1, -0.05) is 43.2 Å². The van der Waals surface area contributed by atoms with Crippen molar-refractivity contribution < 1.29 is 14.3 Å². The Morgan fingerprint density at radius 3 is 2.50 bits per heavy atom. The lowest BCUT2D eigenvalue weighted by Gasteiger charge is -2.36. The smallest absolute Gasteiger partial charge is 0.338 e. The quantitative estimate of drug-likeness (QED) is 0.705. The molecule has 0 saturated heterocycles. The highest BCUT2D eigenvalue weighted by Crippen LogP contribution is 2.30. The lowest BCUT2D eigenvalue weighted by molar-refractivity contribution is -0.139. The zero-order valence-electron chi connectivity index (χ0n) is 17.0. The van der Waals surface area contributed by atoms with E-state index < -0.39 is 6.04 Å². The average molecular weight is 386 g/mol. The number of carbonyl (C=O) groups excluding carboxylic acids is 2. The van der Waals surface area contributed by atoms with Crippen LogP contribution < -0.4 is 10.6 Å². The maximum atomic E-state index is 12.9. The summed E-state index contributed by atoms with van der Waals surface area (Å²) in [5.41, 5.74) is 2.02. The van der Waals surface area contributed by atoms with Crippen LogP contribution in [-0.2, 0) is 9.53 Å². The molecule has 2 N–H and O–H groups in total. The normalized spacial score (nSPS) is 20.5. The molecule has 1 atom stereocenters. The van der Waals surface area contributed by atoms with Crippen molar-refractivity contribution in [1.82, 2.24) is 15.5 Å². The third-order valence-electron chi connectivity index (χ3n) is 5.58. The number of rotatable bonds is 7. The summed E-state index contributed by atoms with van der Waals surface area (Å²) in [4.78, 5) is 27.7. The first kappa shape index (κ1) is 20.4. The van der Waals surface area contributed by atoms with E-state index in [-0.39, 0.29) is 12.0 Å². The summed E-state index contributed by atoms with van der Waals surface area (Å²) in [5.74, 6) is -0.381. The molecule has 1 aliphatic carbocycles. The van der Waals surface area contributed by atoms with E-state index >= 15 is 0 Å². The monoisotopic (exact) mass is 385 g/mol. The zero-order chi connectivity index (χ0) is 20.1. The first-order chi connectivity index (χ1) is 13.5. The molecule has 1 aliphatic heterocycles. The van der Waals surface area contributed by atoms with Gasteiger partial charge in [0, 0.05) is 24.3 Å². The second-order valence-electron chi connectivity index (χ2n) is 7.76. The number of benzene rings is 1. The van der Waals surface area contributed by atoms with Gasteiger partial charge in [-0.2, -0.15) is 0 Å². The Bertz CT molecular complexity index is 724. The molecule has 2 aliphatic rings. The standard InChI is InChI=1S/C22H31N3O3/c1-4-28-21(26)19-18(14-25(15(2)3)17-12-8-9-13-17)23-22(27)24-20(19)16-10-6-5-7-11-16/h5-7,10-11,15,17,20H,4,8-9,12-14H2,1-3H3,(H2,23,24,27). The van der Waals surface area contributed by atoms with Crippen LogP contribution in [-0.4, -0.2) is 42.1 Å². The molecule has 0 bridgehead atoms. The van der Waals surface area contributed by atoms with Crippen LogP contribution in [0.4, 0.5) is 4.79 Å². The summed E-state index contributed by atoms with van der Waals surface area (Å²) < 4.78 is 5.36. The van der Waals surface area contributed by atoms with Gasteiger partial charge >= 0.3 is 12.0 Å². The number of urea groups is 1. The van der Waals surface area contributed by atoms with Crippen molar-refractivity contribution in [3.8, 4) is 0 Å². The second kappa shape index (κ2) is 9.24. The van der Waals surface area contributed by atoms with Crippen molar-refractivity contribution in [2.75, 3.05) is 13.2 Å². The molecule has 1 unspecified atom stereocenters. The van der Waals surface area contributed by atoms with Crippen LogP contribution in [0.5, 0.6) is 0 Å². The summed E-state index contributed by atoms with van der Waals surface area (Å²) in [6.07, 6.45) is 4.79. The van der Waals surface area contributed by atoms with Crippen molar-refractivity contribution in [3.63, 3.8) is 0 Å². The SMILES string of the molecule is CCOC(=O)C1=C(CN(C(C)C)C2CCCC2)NC(=O)NC1c1ccccc1. The van der Waals surface area contributed by atoms with Crippen LogP contribution in [0.3, 0.4) is 0 Å². The molecule has 0 radical (unpaired) electrons. The number of amides is 2. The van der Waals surface area contributed by atoms with Gasteiger partial charge in [-0.15, -0.1) is 0 Å². The summed E-state index contributed by atoms with van der Waals surface area (Å²) in [6, 6.07) is 9.58. The van der Waals surface area contributed by atoms with E-state index in [9.17, 15) is 9.59 Å². The van der Waals surface area contributed by atoms with Crippen molar-refractivity contribution in [2.45, 2.75) is 64.6 Å². The highest BCUT2D eigenvalue weighted by molar-refractivity contribution is 5.95. The molecule has 1 aromatic rings. The van der Waals surface area contributed by atoms with E-state index in [0.717, 1.165) is 18.4 Å². The Kier molecular flexibility index (Phi) is 6.73. The van der Waals surface area contributed by atoms with E-state index in [1.807, 2.05) is 30.3 Å². The van der Waals surface area contributed by atoms with Gasteiger partial charge in [-0.05, 0) is 39.2 Å². The highest BCUT2D eigenvalue weighted by atomic mass is 16.5. The molecule has 0 spiro atoms. The zero-order valence-corrected chi connectivity index (χ0v) is 17.0. The van der Waals surface area contributed by atoms with Crippen molar-refractivity contribution in [3.05, 3.63) is 47.2 Å². The predicted octanol–water partition coefficient (Wildman–Crippen LogP) is 3.51. The summed E-state index contributed by atoms with van der Waals surface area (Å²) in [7, 11) is 0. The molecule has 28 heavy (non-hydrogen) atoms. The van der Waals surface area contributed by atoms with E-state index in [1.54, 1.807) is 6.92 Å². The fourth-order valence-electron chi connectivity index (χ4n) is 4.24. The Balaban J connectivity index is 2.00. The summed E-state index contributed by atoms with van der Waals surface area (Å²) in [5, 5.41) is 5.80. The Hall–Kier alpha value is -2.34. The number of esters is 1. The third-order valence-corrected chi connectivity index (χ3v) is 5.58. The molecule has 0 aromatic heterocycles. The van der Waals surface area contributed by atoms with Gasteiger partial charge in [0.2, 0.25) is 0 Å². The average Bonchev–Trinajstić information content (AvgIpc) is 3.20. The first-order valence-corrected chi connectivity index (χ1v) is 10.3. The molecule has 3 rings (SSSR count). The van der Waals surface area contributed by atoms with E-state index in [1.165, 1.54) is 12.8 Å². The molecular weight excluding hydrogens is 354 g/mol. The van der Waals surface area contributed by atoms with Gasteiger partial charge in [0.15, 0.2) is 0 Å². The van der Waals surface area contributed by atoms with Crippen LogP contribution in [0, 0.1) is 0 Å². The second-order valence-corrected chi connectivity index (χ2v) is 7.76. The van der Waals surface area contributed by atoms with Crippen LogP contribution >= 0.6 is 0 Å². The number of nitrogens with one attached hydrogen (secondary N) is 2. The van der Waals surface area contributed by atoms with E-state index in [2.05, 4.69) is 29.4 Å².